The highest BCUT2D eigenvalue weighted by Gasteiger charge is 2.37. The Hall–Kier alpha value is -3.24. The fourth-order valence-electron chi connectivity index (χ4n) is 3.53. The molecule has 2 aliphatic heterocycles. The topological polar surface area (TPSA) is 91.3 Å². The Kier molecular flexibility index (Phi) is 7.05. The van der Waals surface area contributed by atoms with Crippen molar-refractivity contribution in [3.05, 3.63) is 59.9 Å². The standard InChI is InChI=1S/C23H23FN4O4S/c1-27-22(31)19(33-23(27)26-18-9-5-3-7-16(18)24)14-20(29)25-17-8-4-2-6-15(17)21(30)28-10-12-32-13-11-28/h2-9,19H,10-14H2,1H3,(H,25,29). The molecule has 0 bridgehead atoms. The Labute approximate surface area is 194 Å². The number of ether oxygens (including phenoxy) is 1. The van der Waals surface area contributed by atoms with E-state index in [1.54, 1.807) is 48.3 Å². The van der Waals surface area contributed by atoms with Crippen molar-refractivity contribution in [1.29, 1.82) is 0 Å². The molecule has 2 heterocycles. The summed E-state index contributed by atoms with van der Waals surface area (Å²) in [4.78, 5) is 45.5. The molecule has 2 fully saturated rings. The van der Waals surface area contributed by atoms with Crippen LogP contribution in [0.1, 0.15) is 16.8 Å². The van der Waals surface area contributed by atoms with Crippen molar-refractivity contribution < 1.29 is 23.5 Å². The summed E-state index contributed by atoms with van der Waals surface area (Å²) in [6.07, 6.45) is -0.107. The third-order valence-corrected chi connectivity index (χ3v) is 6.54. The lowest BCUT2D eigenvalue weighted by atomic mass is 10.1. The molecule has 1 atom stereocenters. The van der Waals surface area contributed by atoms with Gasteiger partial charge in [0.05, 0.1) is 24.5 Å². The third-order valence-electron chi connectivity index (χ3n) is 5.31. The van der Waals surface area contributed by atoms with E-state index in [1.165, 1.54) is 17.0 Å². The normalized spacial score (nSPS) is 19.8. The highest BCUT2D eigenvalue weighted by atomic mass is 32.2. The van der Waals surface area contributed by atoms with Gasteiger partial charge in [0.2, 0.25) is 11.8 Å². The number of nitrogens with one attached hydrogen (secondary N) is 1. The van der Waals surface area contributed by atoms with Crippen LogP contribution >= 0.6 is 11.8 Å². The number of halogens is 1. The molecule has 0 aliphatic carbocycles. The fraction of sp³-hybridized carbons (Fsp3) is 0.304. The van der Waals surface area contributed by atoms with Crippen molar-refractivity contribution in [3.8, 4) is 0 Å². The number of hydrogen-bond acceptors (Lipinski definition) is 6. The smallest absolute Gasteiger partial charge is 0.256 e. The maximum atomic E-state index is 13.9. The van der Waals surface area contributed by atoms with Gasteiger partial charge in [0.25, 0.3) is 5.91 Å². The van der Waals surface area contributed by atoms with Gasteiger partial charge in [-0.3, -0.25) is 19.3 Å². The van der Waals surface area contributed by atoms with Gasteiger partial charge in [-0.2, -0.15) is 0 Å². The highest BCUT2D eigenvalue weighted by molar-refractivity contribution is 8.15. The van der Waals surface area contributed by atoms with Crippen molar-refractivity contribution in [2.75, 3.05) is 38.7 Å². The van der Waals surface area contributed by atoms with Gasteiger partial charge < -0.3 is 15.0 Å². The molecule has 0 saturated carbocycles. The second-order valence-corrected chi connectivity index (χ2v) is 8.72. The first-order valence-electron chi connectivity index (χ1n) is 10.5. The Morgan fingerprint density at radius 1 is 1.15 bits per heavy atom. The predicted molar refractivity (Wildman–Crippen MR) is 124 cm³/mol. The molecular weight excluding hydrogens is 447 g/mol. The maximum absolute atomic E-state index is 13.9. The summed E-state index contributed by atoms with van der Waals surface area (Å²) in [5.74, 6) is -1.36. The van der Waals surface area contributed by atoms with Crippen LogP contribution in [-0.2, 0) is 14.3 Å². The van der Waals surface area contributed by atoms with Gasteiger partial charge in [0.15, 0.2) is 5.17 Å². The van der Waals surface area contributed by atoms with Gasteiger partial charge in [-0.25, -0.2) is 9.38 Å². The van der Waals surface area contributed by atoms with Crippen LogP contribution in [0, 0.1) is 5.82 Å². The van der Waals surface area contributed by atoms with Crippen LogP contribution in [0.4, 0.5) is 15.8 Å². The number of thioether (sulfide) groups is 1. The van der Waals surface area contributed by atoms with Crippen LogP contribution in [-0.4, -0.2) is 71.3 Å². The molecule has 2 aromatic rings. The number of hydrogen-bond donors (Lipinski definition) is 1. The average molecular weight is 471 g/mol. The molecule has 2 saturated heterocycles. The monoisotopic (exact) mass is 470 g/mol. The number of aliphatic imine (C=N–C) groups is 1. The Balaban J connectivity index is 1.44. The molecule has 10 heteroatoms. The Morgan fingerprint density at radius 3 is 2.61 bits per heavy atom. The molecule has 0 radical (unpaired) electrons. The largest absolute Gasteiger partial charge is 0.378 e. The zero-order valence-corrected chi connectivity index (χ0v) is 18.8. The SMILES string of the molecule is CN1C(=O)C(CC(=O)Nc2ccccc2C(=O)N2CCOCC2)SC1=Nc1ccccc1F. The van der Waals surface area contributed by atoms with Crippen LogP contribution in [0.5, 0.6) is 0 Å². The van der Waals surface area contributed by atoms with E-state index >= 15 is 0 Å². The quantitative estimate of drug-likeness (QED) is 0.726. The van der Waals surface area contributed by atoms with Gasteiger partial charge in [0, 0.05) is 26.6 Å². The summed E-state index contributed by atoms with van der Waals surface area (Å²) in [6.45, 7) is 1.94. The van der Waals surface area contributed by atoms with Gasteiger partial charge in [-0.1, -0.05) is 36.0 Å². The summed E-state index contributed by atoms with van der Waals surface area (Å²) in [7, 11) is 1.54. The number of para-hydroxylation sites is 2. The number of carbonyl (C=O) groups is 3. The summed E-state index contributed by atoms with van der Waals surface area (Å²) >= 11 is 1.11. The maximum Gasteiger partial charge on any atom is 0.256 e. The minimum Gasteiger partial charge on any atom is -0.378 e. The van der Waals surface area contributed by atoms with Crippen LogP contribution in [0.2, 0.25) is 0 Å². The van der Waals surface area contributed by atoms with Gasteiger partial charge in [-0.15, -0.1) is 0 Å². The van der Waals surface area contributed by atoms with Crippen LogP contribution in [0.15, 0.2) is 53.5 Å². The van der Waals surface area contributed by atoms with E-state index in [2.05, 4.69) is 10.3 Å². The van der Waals surface area contributed by atoms with Crippen molar-refractivity contribution in [1.82, 2.24) is 9.80 Å². The number of anilines is 1. The molecule has 0 spiro atoms. The molecular formula is C23H23FN4O4S. The molecule has 1 N–H and O–H groups in total. The predicted octanol–water partition coefficient (Wildman–Crippen LogP) is 2.89. The zero-order valence-electron chi connectivity index (χ0n) is 18.0. The van der Waals surface area contributed by atoms with E-state index in [-0.39, 0.29) is 23.9 Å². The lowest BCUT2D eigenvalue weighted by molar-refractivity contribution is -0.127. The number of benzene rings is 2. The van der Waals surface area contributed by atoms with Gasteiger partial charge in [0.1, 0.15) is 16.8 Å². The van der Waals surface area contributed by atoms with Crippen LogP contribution in [0.3, 0.4) is 0 Å². The van der Waals surface area contributed by atoms with E-state index in [0.717, 1.165) is 11.8 Å². The minimum atomic E-state index is -0.692. The van der Waals surface area contributed by atoms with Crippen LogP contribution in [0.25, 0.3) is 0 Å². The number of rotatable bonds is 5. The van der Waals surface area contributed by atoms with E-state index in [9.17, 15) is 18.8 Å². The van der Waals surface area contributed by atoms with E-state index in [1.807, 2.05) is 0 Å². The molecule has 2 aromatic carbocycles. The number of nitrogens with zero attached hydrogens (tertiary/aromatic N) is 3. The number of amidine groups is 1. The second kappa shape index (κ2) is 10.1. The van der Waals surface area contributed by atoms with Crippen molar-refractivity contribution >= 4 is 46.0 Å². The molecule has 3 amide bonds. The molecule has 4 rings (SSSR count). The third kappa shape index (κ3) is 5.23. The van der Waals surface area contributed by atoms with Gasteiger partial charge in [-0.05, 0) is 24.3 Å². The first-order valence-corrected chi connectivity index (χ1v) is 11.4. The molecule has 8 nitrogen and oxygen atoms in total. The summed E-state index contributed by atoms with van der Waals surface area (Å²) in [5.41, 5.74) is 0.903. The number of carbonyl (C=O) groups excluding carboxylic acids is 3. The molecule has 1 unspecified atom stereocenters. The Morgan fingerprint density at radius 2 is 1.85 bits per heavy atom. The van der Waals surface area contributed by atoms with Crippen molar-refractivity contribution in [2.45, 2.75) is 11.7 Å². The zero-order chi connectivity index (χ0) is 23.4. The number of morpholine rings is 1. The Bertz CT molecular complexity index is 1100. The van der Waals surface area contributed by atoms with Crippen LogP contribution < -0.4 is 5.32 Å². The molecule has 0 aromatic heterocycles. The lowest BCUT2D eigenvalue weighted by Gasteiger charge is -2.27. The van der Waals surface area contributed by atoms with E-state index in [4.69, 9.17) is 4.74 Å². The van der Waals surface area contributed by atoms with E-state index < -0.39 is 17.0 Å². The minimum absolute atomic E-state index is 0.107. The van der Waals surface area contributed by atoms with Gasteiger partial charge >= 0.3 is 0 Å². The summed E-state index contributed by atoms with van der Waals surface area (Å²) < 4.78 is 19.2. The first kappa shape index (κ1) is 22.9. The van der Waals surface area contributed by atoms with Crippen molar-refractivity contribution in [2.24, 2.45) is 4.99 Å². The van der Waals surface area contributed by atoms with Crippen molar-refractivity contribution in [3.63, 3.8) is 0 Å². The fourth-order valence-corrected chi connectivity index (χ4v) is 4.68. The first-order chi connectivity index (χ1) is 15.9. The molecule has 172 valence electrons. The summed E-state index contributed by atoms with van der Waals surface area (Å²) in [5, 5.41) is 2.40. The second-order valence-electron chi connectivity index (χ2n) is 7.55. The average Bonchev–Trinajstić information content (AvgIpc) is 3.08. The molecule has 2 aliphatic rings. The van der Waals surface area contributed by atoms with E-state index in [0.29, 0.717) is 42.7 Å². The highest BCUT2D eigenvalue weighted by Crippen LogP contribution is 2.31. The summed E-state index contributed by atoms with van der Waals surface area (Å²) in [6, 6.07) is 12.8. The number of amides is 3. The lowest BCUT2D eigenvalue weighted by Crippen LogP contribution is -2.41. The molecule has 33 heavy (non-hydrogen) atoms.